The van der Waals surface area contributed by atoms with Gasteiger partial charge in [-0.15, -0.1) is 0 Å². The summed E-state index contributed by atoms with van der Waals surface area (Å²) in [5.74, 6) is -4.90. The third-order valence-corrected chi connectivity index (χ3v) is 4.73. The van der Waals surface area contributed by atoms with E-state index in [1.54, 1.807) is 0 Å². The average molecular weight is 524 g/mol. The van der Waals surface area contributed by atoms with Crippen molar-refractivity contribution in [2.24, 2.45) is 5.92 Å². The fourth-order valence-electron chi connectivity index (χ4n) is 2.40. The monoisotopic (exact) mass is 524 g/mol. The molecule has 0 heterocycles. The smallest absolute Gasteiger partial charge is 0.748 e. The van der Waals surface area contributed by atoms with Gasteiger partial charge in [-0.25, -0.2) is 17.2 Å². The van der Waals surface area contributed by atoms with E-state index in [-0.39, 0.29) is 29.6 Å². The van der Waals surface area contributed by atoms with Crippen LogP contribution >= 0.6 is 0 Å². The minimum atomic E-state index is -6.87. The van der Waals surface area contributed by atoms with Crippen molar-refractivity contribution in [1.29, 1.82) is 0 Å². The van der Waals surface area contributed by atoms with E-state index in [9.17, 15) is 74.4 Å². The van der Waals surface area contributed by atoms with Gasteiger partial charge in [-0.1, -0.05) is 0 Å². The summed E-state index contributed by atoms with van der Waals surface area (Å²) in [6.07, 6.45) is -36.8. The second kappa shape index (κ2) is 10.0. The van der Waals surface area contributed by atoms with E-state index in [0.29, 0.717) is 0 Å². The number of hydrogen-bond donors (Lipinski definition) is 0. The Labute approximate surface area is 187 Å². The Hall–Kier alpha value is -0.0700. The number of rotatable bonds is 8. The van der Waals surface area contributed by atoms with Crippen molar-refractivity contribution >= 4 is 10.1 Å². The van der Waals surface area contributed by atoms with E-state index in [4.69, 9.17) is 0 Å². The van der Waals surface area contributed by atoms with Gasteiger partial charge in [-0.05, 0) is 18.8 Å². The summed E-state index contributed by atoms with van der Waals surface area (Å²) in [7, 11) is -5.25. The summed E-state index contributed by atoms with van der Waals surface area (Å²) in [5.41, 5.74) is -12.7. The Bertz CT molecular complexity index is 611. The van der Waals surface area contributed by atoms with Gasteiger partial charge in [0.1, 0.15) is 0 Å². The molecule has 0 spiro atoms. The molecule has 0 atom stereocenters. The molecule has 0 radical (unpaired) electrons. The minimum Gasteiger partial charge on any atom is -0.748 e. The number of alkyl halides is 14. The van der Waals surface area contributed by atoms with E-state index >= 15 is 0 Å². The predicted octanol–water partition coefficient (Wildman–Crippen LogP) is 2.38. The van der Waals surface area contributed by atoms with Crippen LogP contribution in [0.2, 0.25) is 0 Å². The fraction of sp³-hybridized carbons (Fsp3) is 1.00. The van der Waals surface area contributed by atoms with Gasteiger partial charge in [0.2, 0.25) is 0 Å². The maximum Gasteiger partial charge on any atom is 1.00 e. The maximum atomic E-state index is 13.8. The summed E-state index contributed by atoms with van der Waals surface area (Å²) in [6.45, 7) is 0. The summed E-state index contributed by atoms with van der Waals surface area (Å²) in [4.78, 5) is 0. The molecule has 0 aromatic carbocycles. The van der Waals surface area contributed by atoms with Gasteiger partial charge in [0.25, 0.3) is 11.3 Å². The van der Waals surface area contributed by atoms with Crippen LogP contribution in [0.15, 0.2) is 0 Å². The van der Waals surface area contributed by atoms with Gasteiger partial charge in [-0.3, -0.25) is 0 Å². The molecule has 31 heavy (non-hydrogen) atoms. The molecule has 19 heteroatoms. The van der Waals surface area contributed by atoms with Crippen LogP contribution in [0, 0.1) is 5.92 Å². The molecule has 0 N–H and O–H groups in total. The molecule has 0 aliphatic heterocycles. The van der Waals surface area contributed by atoms with Gasteiger partial charge in [-0.2, -0.15) is 52.7 Å². The molecule has 0 aliphatic carbocycles. The summed E-state index contributed by atoms with van der Waals surface area (Å²) in [6, 6.07) is 0. The Morgan fingerprint density at radius 1 is 0.613 bits per heavy atom. The molecule has 0 fully saturated rings. The third-order valence-electron chi connectivity index (χ3n) is 3.94. The van der Waals surface area contributed by atoms with Crippen molar-refractivity contribution in [2.45, 2.75) is 61.7 Å². The average Bonchev–Trinajstić information content (AvgIpc) is 2.40. The largest absolute Gasteiger partial charge is 1.00 e. The topological polar surface area (TPSA) is 57.2 Å². The van der Waals surface area contributed by atoms with Gasteiger partial charge in [0, 0.05) is 18.6 Å². The van der Waals surface area contributed by atoms with Crippen molar-refractivity contribution in [2.75, 3.05) is 5.75 Å². The molecule has 3 nitrogen and oxygen atoms in total. The molecule has 182 valence electrons. The quantitative estimate of drug-likeness (QED) is 0.279. The molecular formula is C12H11F14NaO3S. The van der Waals surface area contributed by atoms with Crippen LogP contribution in [0.5, 0.6) is 0 Å². The molecule has 0 amide bonds. The first kappa shape index (κ1) is 33.1. The zero-order valence-electron chi connectivity index (χ0n) is 15.0. The zero-order valence-corrected chi connectivity index (χ0v) is 17.9. The predicted molar refractivity (Wildman–Crippen MR) is 68.4 cm³/mol. The van der Waals surface area contributed by atoms with Crippen LogP contribution < -0.4 is 29.6 Å². The van der Waals surface area contributed by atoms with Gasteiger partial charge < -0.3 is 4.55 Å². The number of hydrogen-bond acceptors (Lipinski definition) is 3. The SMILES string of the molecule is O=S(=O)([O-])CCCC(CC(F)(C(F)(F)F)C(F)(F)F)CC(F)(C(F)(F)F)C(F)(F)F.[Na+]. The van der Waals surface area contributed by atoms with Crippen LogP contribution in [-0.4, -0.2) is 54.8 Å². The van der Waals surface area contributed by atoms with Crippen molar-refractivity contribution in [3.63, 3.8) is 0 Å². The fourth-order valence-corrected chi connectivity index (χ4v) is 2.93. The van der Waals surface area contributed by atoms with Crippen molar-refractivity contribution in [3.05, 3.63) is 0 Å². The van der Waals surface area contributed by atoms with Crippen LogP contribution in [0.1, 0.15) is 25.7 Å². The zero-order chi connectivity index (χ0) is 24.6. The van der Waals surface area contributed by atoms with Crippen LogP contribution in [-0.2, 0) is 10.1 Å². The molecule has 0 saturated heterocycles. The molecule has 0 aromatic heterocycles. The Kier molecular flexibility index (Phi) is 10.7. The van der Waals surface area contributed by atoms with Gasteiger partial charge >= 0.3 is 54.3 Å². The molecule has 0 aliphatic rings. The summed E-state index contributed by atoms with van der Waals surface area (Å²) >= 11 is 0. The van der Waals surface area contributed by atoms with E-state index in [1.807, 2.05) is 0 Å². The molecule has 0 rings (SSSR count). The molecule has 0 aromatic rings. The van der Waals surface area contributed by atoms with Crippen LogP contribution in [0.3, 0.4) is 0 Å². The van der Waals surface area contributed by atoms with Gasteiger partial charge in [0.15, 0.2) is 0 Å². The molecular weight excluding hydrogens is 513 g/mol. The van der Waals surface area contributed by atoms with Crippen LogP contribution in [0.25, 0.3) is 0 Å². The molecule has 0 bridgehead atoms. The Balaban J connectivity index is 0. The summed E-state index contributed by atoms with van der Waals surface area (Å²) < 4.78 is 210. The minimum absolute atomic E-state index is 0. The molecule has 0 saturated carbocycles. The van der Waals surface area contributed by atoms with E-state index in [0.717, 1.165) is 0 Å². The standard InChI is InChI=1S/C12H12F14O3S.Na/c13-7(9(15,16)17,10(18,19)20)4-6(2-1-3-30(27,28)29)5-8(14,11(21,22)23)12(24,25)26;/h6H,1-5H2,(H,27,28,29);/q;+1/p-1. The normalized spacial score (nSPS) is 15.2. The maximum absolute atomic E-state index is 13.8. The first-order valence-corrected chi connectivity index (χ1v) is 8.94. The second-order valence-corrected chi connectivity index (χ2v) is 7.80. The second-order valence-electron chi connectivity index (χ2n) is 6.27. The van der Waals surface area contributed by atoms with E-state index < -0.39 is 83.5 Å². The first-order chi connectivity index (χ1) is 12.8. The van der Waals surface area contributed by atoms with Crippen molar-refractivity contribution in [3.8, 4) is 0 Å². The van der Waals surface area contributed by atoms with Crippen molar-refractivity contribution < 1.29 is 104 Å². The third kappa shape index (κ3) is 8.33. The number of halogens is 14. The Morgan fingerprint density at radius 3 is 1.06 bits per heavy atom. The van der Waals surface area contributed by atoms with Crippen LogP contribution in [0.4, 0.5) is 61.5 Å². The van der Waals surface area contributed by atoms with Gasteiger partial charge in [0.05, 0.1) is 10.1 Å². The first-order valence-electron chi connectivity index (χ1n) is 7.37. The summed E-state index contributed by atoms with van der Waals surface area (Å²) in [5, 5.41) is 0. The Morgan fingerprint density at radius 2 is 0.871 bits per heavy atom. The molecule has 0 unspecified atom stereocenters. The van der Waals surface area contributed by atoms with Crippen molar-refractivity contribution in [1.82, 2.24) is 0 Å². The van der Waals surface area contributed by atoms with E-state index in [2.05, 4.69) is 0 Å². The van der Waals surface area contributed by atoms with E-state index in [1.165, 1.54) is 0 Å².